The Balaban J connectivity index is 2.94. The second-order valence-electron chi connectivity index (χ2n) is 3.07. The lowest BCUT2D eigenvalue weighted by molar-refractivity contribution is -0.0328. The largest absolute Gasteiger partial charge is 0.446 e. The van der Waals surface area contributed by atoms with E-state index in [1.807, 2.05) is 0 Å². The summed E-state index contributed by atoms with van der Waals surface area (Å²) in [4.78, 5) is 0.236. The maximum atomic E-state index is 12.3. The summed E-state index contributed by atoms with van der Waals surface area (Å²) in [6.45, 7) is 0. The van der Waals surface area contributed by atoms with Gasteiger partial charge < -0.3 is 0 Å². The molecule has 1 aromatic rings. The summed E-state index contributed by atoms with van der Waals surface area (Å²) >= 11 is 8.59. The number of hydrogen-bond donors (Lipinski definition) is 0. The molecule has 0 unspecified atom stereocenters. The van der Waals surface area contributed by atoms with Crippen LogP contribution in [0.5, 0.6) is 0 Å². The van der Waals surface area contributed by atoms with E-state index in [4.69, 9.17) is 11.6 Å². The molecule has 0 radical (unpaired) electrons. The summed E-state index contributed by atoms with van der Waals surface area (Å²) in [7, 11) is 0. The highest BCUT2D eigenvalue weighted by Gasteiger charge is 2.31. The Bertz CT molecular complexity index is 354. The minimum absolute atomic E-state index is 0.0855. The average molecular weight is 334 g/mol. The molecule has 1 aromatic carbocycles. The molecule has 1 rings (SSSR count). The molecular weight excluding hydrogens is 325 g/mol. The molecule has 0 nitrogen and oxygen atoms in total. The summed E-state index contributed by atoms with van der Waals surface area (Å²) < 4.78 is 37.5. The molecule has 0 heterocycles. The first-order valence-corrected chi connectivity index (χ1v) is 6.67. The lowest BCUT2D eigenvalue weighted by atomic mass is 10.1. The quantitative estimate of drug-likeness (QED) is 0.537. The minimum atomic E-state index is -4.26. The molecular formula is C10H9BrClF3S. The monoisotopic (exact) mass is 332 g/mol. The second kappa shape index (κ2) is 6.17. The van der Waals surface area contributed by atoms with Crippen molar-refractivity contribution in [3.63, 3.8) is 0 Å². The van der Waals surface area contributed by atoms with Crippen LogP contribution in [0, 0.1) is 0 Å². The highest BCUT2D eigenvalue weighted by Crippen LogP contribution is 2.42. The van der Waals surface area contributed by atoms with Crippen LogP contribution in [0.3, 0.4) is 0 Å². The van der Waals surface area contributed by atoms with Crippen molar-refractivity contribution in [3.05, 3.63) is 28.2 Å². The van der Waals surface area contributed by atoms with E-state index < -0.39 is 5.51 Å². The van der Waals surface area contributed by atoms with Crippen molar-refractivity contribution in [2.75, 3.05) is 5.88 Å². The number of alkyl halides is 4. The van der Waals surface area contributed by atoms with Gasteiger partial charge in [-0.1, -0.05) is 12.1 Å². The van der Waals surface area contributed by atoms with Crippen LogP contribution >= 0.6 is 39.3 Å². The van der Waals surface area contributed by atoms with Crippen LogP contribution in [-0.4, -0.2) is 11.4 Å². The number of halogens is 5. The second-order valence-corrected chi connectivity index (χ2v) is 5.38. The molecule has 0 aromatic heterocycles. The molecule has 0 aliphatic rings. The maximum Gasteiger partial charge on any atom is 0.446 e. The summed E-state index contributed by atoms with van der Waals surface area (Å²) in [5.41, 5.74) is -3.59. The van der Waals surface area contributed by atoms with Gasteiger partial charge in [-0.3, -0.25) is 0 Å². The minimum Gasteiger partial charge on any atom is -0.160 e. The van der Waals surface area contributed by atoms with Gasteiger partial charge in [0.2, 0.25) is 0 Å². The van der Waals surface area contributed by atoms with E-state index in [2.05, 4.69) is 15.9 Å². The first kappa shape index (κ1) is 14.2. The van der Waals surface area contributed by atoms with Crippen molar-refractivity contribution < 1.29 is 13.2 Å². The molecule has 0 saturated heterocycles. The van der Waals surface area contributed by atoms with Gasteiger partial charge in [0.15, 0.2) is 0 Å². The molecule has 0 aliphatic heterocycles. The fourth-order valence-corrected chi connectivity index (χ4v) is 2.72. The predicted octanol–water partition coefficient (Wildman–Crippen LogP) is 5.23. The van der Waals surface area contributed by atoms with Crippen molar-refractivity contribution in [1.82, 2.24) is 0 Å². The Morgan fingerprint density at radius 2 is 2.00 bits per heavy atom. The van der Waals surface area contributed by atoms with E-state index in [0.29, 0.717) is 28.8 Å². The van der Waals surface area contributed by atoms with Gasteiger partial charge in [0.05, 0.1) is 0 Å². The van der Waals surface area contributed by atoms with E-state index in [1.54, 1.807) is 18.2 Å². The van der Waals surface area contributed by atoms with E-state index >= 15 is 0 Å². The highest BCUT2D eigenvalue weighted by atomic mass is 79.9. The van der Waals surface area contributed by atoms with E-state index in [1.165, 1.54) is 0 Å². The van der Waals surface area contributed by atoms with Gasteiger partial charge in [-0.05, 0) is 52.2 Å². The Labute approximate surface area is 110 Å². The molecule has 0 N–H and O–H groups in total. The lowest BCUT2D eigenvalue weighted by Gasteiger charge is -2.12. The van der Waals surface area contributed by atoms with Crippen molar-refractivity contribution in [1.29, 1.82) is 0 Å². The van der Waals surface area contributed by atoms with Crippen molar-refractivity contribution in [3.8, 4) is 0 Å². The summed E-state index contributed by atoms with van der Waals surface area (Å²) in [6, 6.07) is 5.04. The van der Waals surface area contributed by atoms with Gasteiger partial charge in [0, 0.05) is 15.2 Å². The zero-order valence-electron chi connectivity index (χ0n) is 8.15. The molecule has 90 valence electrons. The van der Waals surface area contributed by atoms with Crippen LogP contribution in [0.2, 0.25) is 0 Å². The topological polar surface area (TPSA) is 0 Å². The average Bonchev–Trinajstić information content (AvgIpc) is 2.17. The first-order valence-electron chi connectivity index (χ1n) is 4.53. The van der Waals surface area contributed by atoms with Gasteiger partial charge in [-0.25, -0.2) is 0 Å². The van der Waals surface area contributed by atoms with Gasteiger partial charge in [-0.2, -0.15) is 13.2 Å². The highest BCUT2D eigenvalue weighted by molar-refractivity contribution is 9.10. The number of rotatable bonds is 4. The molecule has 6 heteroatoms. The van der Waals surface area contributed by atoms with Crippen molar-refractivity contribution in [2.24, 2.45) is 0 Å². The molecule has 0 bridgehead atoms. The zero-order chi connectivity index (χ0) is 12.2. The van der Waals surface area contributed by atoms with Crippen LogP contribution in [0.25, 0.3) is 0 Å². The summed E-state index contributed by atoms with van der Waals surface area (Å²) in [5, 5.41) is 0. The Morgan fingerprint density at radius 1 is 1.31 bits per heavy atom. The van der Waals surface area contributed by atoms with Gasteiger partial charge in [0.1, 0.15) is 0 Å². The van der Waals surface area contributed by atoms with Crippen molar-refractivity contribution in [2.45, 2.75) is 23.2 Å². The summed E-state index contributed by atoms with van der Waals surface area (Å²) in [5.74, 6) is 0.447. The molecule has 16 heavy (non-hydrogen) atoms. The third-order valence-corrected chi connectivity index (χ3v) is 3.95. The van der Waals surface area contributed by atoms with Crippen LogP contribution in [0.4, 0.5) is 13.2 Å². The number of aryl methyl sites for hydroxylation is 1. The van der Waals surface area contributed by atoms with Crippen LogP contribution in [-0.2, 0) is 6.42 Å². The van der Waals surface area contributed by atoms with Crippen LogP contribution < -0.4 is 0 Å². The third kappa shape index (κ3) is 4.55. The van der Waals surface area contributed by atoms with Gasteiger partial charge >= 0.3 is 5.51 Å². The first-order chi connectivity index (χ1) is 7.44. The van der Waals surface area contributed by atoms with E-state index in [-0.39, 0.29) is 16.7 Å². The molecule has 0 aliphatic carbocycles. The summed E-state index contributed by atoms with van der Waals surface area (Å²) in [6.07, 6.45) is 1.23. The molecule has 0 saturated carbocycles. The molecule has 0 atom stereocenters. The van der Waals surface area contributed by atoms with Crippen LogP contribution in [0.15, 0.2) is 27.6 Å². The van der Waals surface area contributed by atoms with Crippen LogP contribution in [0.1, 0.15) is 12.0 Å². The number of thioether (sulfide) groups is 1. The standard InChI is InChI=1S/C10H9BrClF3S/c11-8-5-1-3-7(4-2-6-12)9(8)16-10(13,14)15/h1,3,5H,2,4,6H2. The lowest BCUT2D eigenvalue weighted by Crippen LogP contribution is -2.02. The Kier molecular flexibility index (Phi) is 5.47. The Hall–Kier alpha value is 0.130. The van der Waals surface area contributed by atoms with Gasteiger partial charge in [-0.15, -0.1) is 11.6 Å². The van der Waals surface area contributed by atoms with E-state index in [0.717, 1.165) is 0 Å². The SMILES string of the molecule is FC(F)(F)Sc1c(Br)cccc1CCCCl. The number of benzene rings is 1. The maximum absolute atomic E-state index is 12.3. The van der Waals surface area contributed by atoms with E-state index in [9.17, 15) is 13.2 Å². The number of hydrogen-bond acceptors (Lipinski definition) is 1. The predicted molar refractivity (Wildman–Crippen MR) is 65.1 cm³/mol. The zero-order valence-corrected chi connectivity index (χ0v) is 11.3. The molecule has 0 spiro atoms. The Morgan fingerprint density at radius 3 is 2.56 bits per heavy atom. The molecule has 0 fully saturated rings. The van der Waals surface area contributed by atoms with Crippen molar-refractivity contribution >= 4 is 39.3 Å². The van der Waals surface area contributed by atoms with Gasteiger partial charge in [0.25, 0.3) is 0 Å². The fraction of sp³-hybridized carbons (Fsp3) is 0.400. The smallest absolute Gasteiger partial charge is 0.160 e. The fourth-order valence-electron chi connectivity index (χ4n) is 1.24. The molecule has 0 amide bonds. The third-order valence-electron chi connectivity index (χ3n) is 1.85. The normalized spacial score (nSPS) is 11.8.